The average Bonchev–Trinajstić information content (AvgIpc) is 3.01. The highest BCUT2D eigenvalue weighted by atomic mass is 32.1. The minimum atomic E-state index is -0.600. The van der Waals surface area contributed by atoms with E-state index in [4.69, 9.17) is 0 Å². The molecule has 1 aromatic heterocycles. The molecule has 0 aliphatic carbocycles. The Bertz CT molecular complexity index is 650. The highest BCUT2D eigenvalue weighted by molar-refractivity contribution is 7.12. The lowest BCUT2D eigenvalue weighted by Crippen LogP contribution is -2.41. The lowest BCUT2D eigenvalue weighted by molar-refractivity contribution is -0.117. The normalized spacial score (nSPS) is 12.0. The van der Waals surface area contributed by atoms with Crippen molar-refractivity contribution in [2.75, 3.05) is 5.32 Å². The Hall–Kier alpha value is -2.14. The van der Waals surface area contributed by atoms with Gasteiger partial charge in [0.1, 0.15) is 6.04 Å². The van der Waals surface area contributed by atoms with E-state index in [0.29, 0.717) is 10.8 Å². The van der Waals surface area contributed by atoms with Crippen molar-refractivity contribution in [3.63, 3.8) is 0 Å². The first kappa shape index (κ1) is 16.2. The van der Waals surface area contributed by atoms with Gasteiger partial charge in [0, 0.05) is 5.69 Å². The summed E-state index contributed by atoms with van der Waals surface area (Å²) in [6.07, 6.45) is 0. The third-order valence-corrected chi connectivity index (χ3v) is 4.18. The van der Waals surface area contributed by atoms with E-state index in [2.05, 4.69) is 24.5 Å². The molecule has 0 spiro atoms. The van der Waals surface area contributed by atoms with E-state index in [9.17, 15) is 9.59 Å². The van der Waals surface area contributed by atoms with Crippen LogP contribution in [0, 0.1) is 0 Å². The number of nitrogens with one attached hydrogen (secondary N) is 2. The van der Waals surface area contributed by atoms with E-state index >= 15 is 0 Å². The van der Waals surface area contributed by atoms with Gasteiger partial charge in [-0.05, 0) is 42.0 Å². The summed E-state index contributed by atoms with van der Waals surface area (Å²) >= 11 is 1.35. The van der Waals surface area contributed by atoms with Gasteiger partial charge in [-0.2, -0.15) is 0 Å². The molecule has 2 N–H and O–H groups in total. The lowest BCUT2D eigenvalue weighted by atomic mass is 10.0. The van der Waals surface area contributed by atoms with Crippen LogP contribution in [0.15, 0.2) is 41.8 Å². The molecule has 0 aliphatic rings. The van der Waals surface area contributed by atoms with Gasteiger partial charge in [0.15, 0.2) is 0 Å². The molecule has 1 atom stereocenters. The van der Waals surface area contributed by atoms with Crippen molar-refractivity contribution < 1.29 is 9.59 Å². The fourth-order valence-corrected chi connectivity index (χ4v) is 2.59. The number of carbonyl (C=O) groups excluding carboxylic acids is 2. The molecule has 1 aromatic carbocycles. The third-order valence-electron chi connectivity index (χ3n) is 3.31. The van der Waals surface area contributed by atoms with Crippen LogP contribution in [0.2, 0.25) is 0 Å². The predicted molar refractivity (Wildman–Crippen MR) is 90.4 cm³/mol. The summed E-state index contributed by atoms with van der Waals surface area (Å²) in [4.78, 5) is 24.7. The Morgan fingerprint density at radius 1 is 1.09 bits per heavy atom. The van der Waals surface area contributed by atoms with Gasteiger partial charge in [0.05, 0.1) is 4.88 Å². The number of benzene rings is 1. The van der Waals surface area contributed by atoms with E-state index in [1.54, 1.807) is 13.0 Å². The van der Waals surface area contributed by atoms with Crippen molar-refractivity contribution in [1.29, 1.82) is 0 Å². The summed E-state index contributed by atoms with van der Waals surface area (Å²) in [5, 5.41) is 7.37. The molecule has 116 valence electrons. The fraction of sp³-hybridized carbons (Fsp3) is 0.294. The van der Waals surface area contributed by atoms with Crippen LogP contribution in [0.25, 0.3) is 0 Å². The van der Waals surface area contributed by atoms with Crippen LogP contribution in [0.5, 0.6) is 0 Å². The number of thiophene rings is 1. The third kappa shape index (κ3) is 4.18. The van der Waals surface area contributed by atoms with Gasteiger partial charge in [-0.1, -0.05) is 32.0 Å². The number of anilines is 1. The van der Waals surface area contributed by atoms with E-state index < -0.39 is 6.04 Å². The second-order valence-electron chi connectivity index (χ2n) is 5.44. The Morgan fingerprint density at radius 2 is 1.86 bits per heavy atom. The van der Waals surface area contributed by atoms with Crippen molar-refractivity contribution in [2.24, 2.45) is 0 Å². The lowest BCUT2D eigenvalue weighted by Gasteiger charge is -2.14. The fourth-order valence-electron chi connectivity index (χ4n) is 1.97. The topological polar surface area (TPSA) is 58.2 Å². The second-order valence-corrected chi connectivity index (χ2v) is 6.39. The quantitative estimate of drug-likeness (QED) is 0.885. The first-order chi connectivity index (χ1) is 10.5. The summed E-state index contributed by atoms with van der Waals surface area (Å²) in [7, 11) is 0. The summed E-state index contributed by atoms with van der Waals surface area (Å²) in [6, 6.07) is 10.7. The van der Waals surface area contributed by atoms with Crippen LogP contribution in [0.1, 0.15) is 41.9 Å². The van der Waals surface area contributed by atoms with Gasteiger partial charge < -0.3 is 10.6 Å². The van der Waals surface area contributed by atoms with Gasteiger partial charge in [-0.25, -0.2) is 0 Å². The van der Waals surface area contributed by atoms with E-state index in [1.807, 2.05) is 35.7 Å². The van der Waals surface area contributed by atoms with Crippen molar-refractivity contribution in [3.05, 3.63) is 52.2 Å². The molecule has 1 unspecified atom stereocenters. The summed E-state index contributed by atoms with van der Waals surface area (Å²) in [6.45, 7) is 5.88. The molecule has 2 rings (SSSR count). The smallest absolute Gasteiger partial charge is 0.261 e. The Labute approximate surface area is 134 Å². The molecule has 1 heterocycles. The molecule has 2 amide bonds. The zero-order valence-corrected chi connectivity index (χ0v) is 13.7. The molecular formula is C17H20N2O2S. The van der Waals surface area contributed by atoms with Gasteiger partial charge in [-0.15, -0.1) is 11.3 Å². The van der Waals surface area contributed by atoms with Crippen LogP contribution in [0.3, 0.4) is 0 Å². The molecule has 0 bridgehead atoms. The van der Waals surface area contributed by atoms with Crippen LogP contribution in [-0.4, -0.2) is 17.9 Å². The summed E-state index contributed by atoms with van der Waals surface area (Å²) in [5.41, 5.74) is 1.90. The van der Waals surface area contributed by atoms with Crippen molar-refractivity contribution >= 4 is 28.8 Å². The van der Waals surface area contributed by atoms with Gasteiger partial charge >= 0.3 is 0 Å². The summed E-state index contributed by atoms with van der Waals surface area (Å²) in [5.74, 6) is -0.0628. The monoisotopic (exact) mass is 316 g/mol. The average molecular weight is 316 g/mol. The number of rotatable bonds is 5. The van der Waals surface area contributed by atoms with Crippen molar-refractivity contribution in [1.82, 2.24) is 5.32 Å². The number of hydrogen-bond donors (Lipinski definition) is 2. The zero-order chi connectivity index (χ0) is 16.1. The SMILES string of the molecule is CC(NC(=O)c1cccs1)C(=O)Nc1cccc(C(C)C)c1. The standard InChI is InChI=1S/C17H20N2O2S/c1-11(2)13-6-4-7-14(10-13)19-16(20)12(3)18-17(21)15-8-5-9-22-15/h4-12H,1-3H3,(H,18,21)(H,19,20). The first-order valence-electron chi connectivity index (χ1n) is 7.22. The van der Waals surface area contributed by atoms with E-state index in [0.717, 1.165) is 11.3 Å². The predicted octanol–water partition coefficient (Wildman–Crippen LogP) is 3.63. The molecule has 5 heteroatoms. The van der Waals surface area contributed by atoms with Crippen LogP contribution >= 0.6 is 11.3 Å². The van der Waals surface area contributed by atoms with Crippen LogP contribution in [0.4, 0.5) is 5.69 Å². The van der Waals surface area contributed by atoms with E-state index in [-0.39, 0.29) is 11.8 Å². The maximum absolute atomic E-state index is 12.2. The van der Waals surface area contributed by atoms with Gasteiger partial charge in [-0.3, -0.25) is 9.59 Å². The Morgan fingerprint density at radius 3 is 2.50 bits per heavy atom. The molecule has 22 heavy (non-hydrogen) atoms. The second kappa shape index (κ2) is 7.22. The molecule has 0 aliphatic heterocycles. The number of amides is 2. The largest absolute Gasteiger partial charge is 0.340 e. The highest BCUT2D eigenvalue weighted by Crippen LogP contribution is 2.18. The summed E-state index contributed by atoms with van der Waals surface area (Å²) < 4.78 is 0. The molecule has 0 fully saturated rings. The van der Waals surface area contributed by atoms with Crippen LogP contribution in [-0.2, 0) is 4.79 Å². The van der Waals surface area contributed by atoms with Gasteiger partial charge in [0.25, 0.3) is 5.91 Å². The van der Waals surface area contributed by atoms with E-state index in [1.165, 1.54) is 11.3 Å². The number of carbonyl (C=O) groups is 2. The molecule has 2 aromatic rings. The number of hydrogen-bond acceptors (Lipinski definition) is 3. The van der Waals surface area contributed by atoms with Crippen molar-refractivity contribution in [2.45, 2.75) is 32.7 Å². The zero-order valence-electron chi connectivity index (χ0n) is 12.9. The Kier molecular flexibility index (Phi) is 5.33. The molecule has 0 saturated carbocycles. The maximum Gasteiger partial charge on any atom is 0.261 e. The van der Waals surface area contributed by atoms with Crippen LogP contribution < -0.4 is 10.6 Å². The minimum absolute atomic E-state index is 0.228. The molecule has 0 saturated heterocycles. The molecule has 0 radical (unpaired) electrons. The maximum atomic E-state index is 12.2. The van der Waals surface area contributed by atoms with Gasteiger partial charge in [0.2, 0.25) is 5.91 Å². The highest BCUT2D eigenvalue weighted by Gasteiger charge is 2.17. The Balaban J connectivity index is 1.96. The molecular weight excluding hydrogens is 296 g/mol. The van der Waals surface area contributed by atoms with Crippen molar-refractivity contribution in [3.8, 4) is 0 Å². The minimum Gasteiger partial charge on any atom is -0.340 e. The molecule has 4 nitrogen and oxygen atoms in total. The first-order valence-corrected chi connectivity index (χ1v) is 8.10.